The summed E-state index contributed by atoms with van der Waals surface area (Å²) in [6.07, 6.45) is -6.95. The van der Waals surface area contributed by atoms with Crippen LogP contribution in [0.5, 0.6) is 0 Å². The van der Waals surface area contributed by atoms with Crippen molar-refractivity contribution in [2.45, 2.75) is 17.4 Å². The van der Waals surface area contributed by atoms with E-state index < -0.39 is 28.5 Å². The lowest BCUT2D eigenvalue weighted by molar-refractivity contribution is -0.333. The molecular weight excluding hydrogens is 258 g/mol. The first kappa shape index (κ1) is 13.7. The van der Waals surface area contributed by atoms with Crippen molar-refractivity contribution in [3.8, 4) is 0 Å². The van der Waals surface area contributed by atoms with Crippen LogP contribution < -0.4 is 0 Å². The minimum atomic E-state index is -7.85. The van der Waals surface area contributed by atoms with Gasteiger partial charge in [-0.2, -0.15) is 30.7 Å². The fourth-order valence-corrected chi connectivity index (χ4v) is 0.717. The molecule has 0 saturated carbocycles. The Balaban J connectivity index is 5.30. The number of rotatable bonds is 2. The zero-order valence-electron chi connectivity index (χ0n) is 5.69. The van der Waals surface area contributed by atoms with Crippen molar-refractivity contribution in [2.75, 3.05) is 0 Å². The van der Waals surface area contributed by atoms with Gasteiger partial charge >= 0.3 is 17.4 Å². The molecule has 0 heterocycles. The van der Waals surface area contributed by atoms with Gasteiger partial charge in [-0.05, 0) is 0 Å². The molecule has 0 bridgehead atoms. The minimum Gasteiger partial charge on any atom is -0.188 e. The van der Waals surface area contributed by atoms with Gasteiger partial charge in [-0.25, -0.2) is 0 Å². The summed E-state index contributed by atoms with van der Waals surface area (Å²) < 4.78 is 114. The van der Waals surface area contributed by atoms with Crippen molar-refractivity contribution in [3.05, 3.63) is 0 Å². The summed E-state index contributed by atoms with van der Waals surface area (Å²) in [6.45, 7) is 0. The van der Waals surface area contributed by atoms with Gasteiger partial charge < -0.3 is 0 Å². The summed E-state index contributed by atoms with van der Waals surface area (Å²) in [6, 6.07) is 0. The monoisotopic (exact) mass is 258 g/mol. The molecule has 0 aromatic heterocycles. The average Bonchev–Trinajstić information content (AvgIpc) is 1.81. The maximum Gasteiger partial charge on any atom is 0.461 e. The molecule has 0 atom stereocenters. The highest BCUT2D eigenvalue weighted by atomic mass is 32.3. The van der Waals surface area contributed by atoms with Gasteiger partial charge in [0.25, 0.3) is 11.2 Å². The lowest BCUT2D eigenvalue weighted by atomic mass is 10.3. The minimum absolute atomic E-state index is 6.95. The van der Waals surface area contributed by atoms with Crippen LogP contribution in [0.1, 0.15) is 0 Å². The van der Waals surface area contributed by atoms with Crippen LogP contribution in [0.4, 0.5) is 42.4 Å². The smallest absolute Gasteiger partial charge is 0.188 e. The Morgan fingerprint density at radius 2 is 0.929 bits per heavy atom. The molecule has 0 saturated heterocycles. The van der Waals surface area contributed by atoms with Gasteiger partial charge in [0.2, 0.25) is 0 Å². The SMILES string of the molecule is FC(F)(F)C(F)(F)C(F)(F)S(F)(F)F. The molecule has 14 heavy (non-hydrogen) atoms. The van der Waals surface area contributed by atoms with Crippen LogP contribution in [0.3, 0.4) is 0 Å². The molecule has 0 fully saturated rings. The van der Waals surface area contributed by atoms with Gasteiger partial charge in [0.05, 0.1) is 0 Å². The topological polar surface area (TPSA) is 0 Å². The van der Waals surface area contributed by atoms with Gasteiger partial charge in [-0.3, -0.25) is 0 Å². The van der Waals surface area contributed by atoms with Crippen LogP contribution in [0.2, 0.25) is 0 Å². The molecule has 0 spiro atoms. The predicted molar refractivity (Wildman–Crippen MR) is 26.9 cm³/mol. The molecule has 0 rings (SSSR count). The average molecular weight is 258 g/mol. The Morgan fingerprint density at radius 3 is 1.00 bits per heavy atom. The van der Waals surface area contributed by atoms with Crippen molar-refractivity contribution >= 4 is 11.2 Å². The zero-order valence-corrected chi connectivity index (χ0v) is 6.50. The molecule has 0 aromatic rings. The van der Waals surface area contributed by atoms with E-state index in [4.69, 9.17) is 0 Å². The lowest BCUT2D eigenvalue weighted by Gasteiger charge is -2.30. The van der Waals surface area contributed by atoms with E-state index in [1.54, 1.807) is 0 Å². The third-order valence-corrected chi connectivity index (χ3v) is 1.85. The second-order valence-corrected chi connectivity index (χ2v) is 3.32. The van der Waals surface area contributed by atoms with E-state index in [0.717, 1.165) is 0 Å². The summed E-state index contributed by atoms with van der Waals surface area (Å²) in [5.41, 5.74) is 0. The van der Waals surface area contributed by atoms with E-state index in [-0.39, 0.29) is 0 Å². The molecule has 0 aliphatic carbocycles. The molecule has 0 aromatic carbocycles. The molecule has 0 nitrogen and oxygen atoms in total. The van der Waals surface area contributed by atoms with Gasteiger partial charge in [0.1, 0.15) is 0 Å². The number of hydrogen-bond acceptors (Lipinski definition) is 0. The quantitative estimate of drug-likeness (QED) is 0.650. The Bertz CT molecular complexity index is 184. The van der Waals surface area contributed by atoms with Crippen molar-refractivity contribution in [1.82, 2.24) is 0 Å². The number of hydrogen-bond donors (Lipinski definition) is 0. The van der Waals surface area contributed by atoms with Gasteiger partial charge in [0, 0.05) is 0 Å². The molecule has 0 amide bonds. The molecule has 0 aliphatic rings. The highest BCUT2D eigenvalue weighted by Crippen LogP contribution is 2.72. The van der Waals surface area contributed by atoms with Crippen LogP contribution in [-0.2, 0) is 0 Å². The Hall–Kier alpha value is -0.350. The maximum absolute atomic E-state index is 11.6. The lowest BCUT2D eigenvalue weighted by Crippen LogP contribution is -2.52. The Morgan fingerprint density at radius 1 is 0.643 bits per heavy atom. The number of halogens is 10. The van der Waals surface area contributed by atoms with Gasteiger partial charge in [-0.1, -0.05) is 0 Å². The summed E-state index contributed by atoms with van der Waals surface area (Å²) in [5, 5.41) is -7.06. The standard InChI is InChI=1S/C3F10S/c4-1(5,2(6,7)8)3(9,10)14(11,12)13. The Labute approximate surface area is 72.1 Å². The molecular formula is C3F10S. The van der Waals surface area contributed by atoms with Crippen molar-refractivity contribution in [3.63, 3.8) is 0 Å². The molecule has 0 aliphatic heterocycles. The van der Waals surface area contributed by atoms with Gasteiger partial charge in [0.15, 0.2) is 0 Å². The normalized spacial score (nSPS) is 17.0. The summed E-state index contributed by atoms with van der Waals surface area (Å²) in [4.78, 5) is 0. The first-order valence-corrected chi connectivity index (χ1v) is 3.82. The van der Waals surface area contributed by atoms with Crippen LogP contribution in [0.15, 0.2) is 0 Å². The molecule has 0 unspecified atom stereocenters. The highest BCUT2D eigenvalue weighted by molar-refractivity contribution is 8.21. The second kappa shape index (κ2) is 3.07. The van der Waals surface area contributed by atoms with E-state index in [1.165, 1.54) is 0 Å². The van der Waals surface area contributed by atoms with Crippen LogP contribution >= 0.6 is 11.2 Å². The Kier molecular flexibility index (Phi) is 2.99. The first-order chi connectivity index (χ1) is 5.75. The largest absolute Gasteiger partial charge is 0.461 e. The summed E-state index contributed by atoms with van der Waals surface area (Å²) in [5.74, 6) is -7.10. The van der Waals surface area contributed by atoms with E-state index in [0.29, 0.717) is 0 Å². The molecule has 0 radical (unpaired) electrons. The van der Waals surface area contributed by atoms with Gasteiger partial charge in [-0.15, -0.1) is 11.7 Å². The predicted octanol–water partition coefficient (Wildman–Crippen LogP) is 4.23. The van der Waals surface area contributed by atoms with Crippen molar-refractivity contribution in [2.24, 2.45) is 0 Å². The van der Waals surface area contributed by atoms with Crippen LogP contribution in [0.25, 0.3) is 0 Å². The third kappa shape index (κ3) is 1.86. The number of alkyl halides is 7. The van der Waals surface area contributed by atoms with E-state index in [2.05, 4.69) is 0 Å². The fraction of sp³-hybridized carbons (Fsp3) is 1.00. The van der Waals surface area contributed by atoms with Crippen molar-refractivity contribution in [1.29, 1.82) is 0 Å². The van der Waals surface area contributed by atoms with Crippen LogP contribution in [-0.4, -0.2) is 17.4 Å². The first-order valence-electron chi connectivity index (χ1n) is 2.49. The second-order valence-electron chi connectivity index (χ2n) is 2.00. The fourth-order valence-electron chi connectivity index (χ4n) is 0.310. The van der Waals surface area contributed by atoms with E-state index in [9.17, 15) is 42.4 Å². The molecule has 0 N–H and O–H groups in total. The summed E-state index contributed by atoms with van der Waals surface area (Å²) in [7, 11) is 0. The van der Waals surface area contributed by atoms with E-state index >= 15 is 0 Å². The highest BCUT2D eigenvalue weighted by Gasteiger charge is 2.81. The third-order valence-electron chi connectivity index (χ3n) is 1.01. The maximum atomic E-state index is 11.6. The van der Waals surface area contributed by atoms with E-state index in [1.807, 2.05) is 0 Å². The van der Waals surface area contributed by atoms with Crippen molar-refractivity contribution < 1.29 is 42.4 Å². The zero-order chi connectivity index (χ0) is 12.0. The molecule has 88 valence electrons. The molecule has 11 heteroatoms. The summed E-state index contributed by atoms with van der Waals surface area (Å²) >= 11 is -7.85. The van der Waals surface area contributed by atoms with Crippen LogP contribution in [0, 0.1) is 0 Å².